The van der Waals surface area contributed by atoms with E-state index in [4.69, 9.17) is 9.47 Å². The molecule has 122 valence electrons. The summed E-state index contributed by atoms with van der Waals surface area (Å²) in [5.41, 5.74) is 2.48. The van der Waals surface area contributed by atoms with Crippen molar-refractivity contribution >= 4 is 0 Å². The number of benzene rings is 2. The van der Waals surface area contributed by atoms with E-state index in [0.717, 1.165) is 42.7 Å². The highest BCUT2D eigenvalue weighted by molar-refractivity contribution is 5.31. The molecule has 3 heteroatoms. The molecule has 0 radical (unpaired) electrons. The van der Waals surface area contributed by atoms with Crippen LogP contribution < -0.4 is 9.47 Å². The van der Waals surface area contributed by atoms with Crippen LogP contribution in [0.1, 0.15) is 42.7 Å². The van der Waals surface area contributed by atoms with Gasteiger partial charge in [0.15, 0.2) is 0 Å². The topological polar surface area (TPSA) is 38.7 Å². The summed E-state index contributed by atoms with van der Waals surface area (Å²) in [6.07, 6.45) is 3.89. The van der Waals surface area contributed by atoms with Gasteiger partial charge in [0.2, 0.25) is 0 Å². The third-order valence-electron chi connectivity index (χ3n) is 4.61. The maximum atomic E-state index is 9.60. The van der Waals surface area contributed by atoms with Gasteiger partial charge in [0.1, 0.15) is 18.1 Å². The Hall–Kier alpha value is -2.00. The summed E-state index contributed by atoms with van der Waals surface area (Å²) in [7, 11) is 1.67. The number of aliphatic hydroxyl groups excluding tert-OH is 1. The van der Waals surface area contributed by atoms with Crippen molar-refractivity contribution in [2.75, 3.05) is 7.11 Å². The monoisotopic (exact) mass is 312 g/mol. The molecule has 0 amide bonds. The van der Waals surface area contributed by atoms with E-state index in [0.29, 0.717) is 12.5 Å². The van der Waals surface area contributed by atoms with Crippen molar-refractivity contribution in [3.05, 3.63) is 59.7 Å². The first-order valence-electron chi connectivity index (χ1n) is 8.28. The summed E-state index contributed by atoms with van der Waals surface area (Å²) in [4.78, 5) is 0. The standard InChI is InChI=1S/C20H24O3/c1-22-19-10-2-15(3-11-19)14-23-20-12-6-17(7-13-20)16-4-8-18(21)9-5-16/h2-3,6-7,10-13,16,18,21H,4-5,8-9,14H2,1H3. The van der Waals surface area contributed by atoms with Gasteiger partial charge in [-0.3, -0.25) is 0 Å². The van der Waals surface area contributed by atoms with Gasteiger partial charge in [-0.1, -0.05) is 24.3 Å². The molecule has 0 aromatic heterocycles. The van der Waals surface area contributed by atoms with Crippen LogP contribution in [0, 0.1) is 0 Å². The molecule has 3 nitrogen and oxygen atoms in total. The second-order valence-corrected chi connectivity index (χ2v) is 6.21. The van der Waals surface area contributed by atoms with Gasteiger partial charge in [-0.2, -0.15) is 0 Å². The zero-order chi connectivity index (χ0) is 16.1. The molecule has 2 aromatic carbocycles. The first kappa shape index (κ1) is 15.9. The number of aliphatic hydroxyl groups is 1. The summed E-state index contributed by atoms with van der Waals surface area (Å²) in [6.45, 7) is 0.555. The molecule has 0 atom stereocenters. The van der Waals surface area contributed by atoms with E-state index in [1.165, 1.54) is 5.56 Å². The van der Waals surface area contributed by atoms with Gasteiger partial charge in [0, 0.05) is 0 Å². The highest BCUT2D eigenvalue weighted by Crippen LogP contribution is 2.33. The second-order valence-electron chi connectivity index (χ2n) is 6.21. The summed E-state index contributed by atoms with van der Waals surface area (Å²) < 4.78 is 11.0. The highest BCUT2D eigenvalue weighted by atomic mass is 16.5. The summed E-state index contributed by atoms with van der Waals surface area (Å²) in [5.74, 6) is 2.32. The molecular formula is C20H24O3. The van der Waals surface area contributed by atoms with Crippen LogP contribution >= 0.6 is 0 Å². The minimum absolute atomic E-state index is 0.0987. The van der Waals surface area contributed by atoms with Gasteiger partial charge < -0.3 is 14.6 Å². The molecular weight excluding hydrogens is 288 g/mol. The lowest BCUT2D eigenvalue weighted by Crippen LogP contribution is -2.16. The molecule has 1 N–H and O–H groups in total. The number of rotatable bonds is 5. The van der Waals surface area contributed by atoms with E-state index in [-0.39, 0.29) is 6.10 Å². The van der Waals surface area contributed by atoms with Crippen molar-refractivity contribution in [3.63, 3.8) is 0 Å². The molecule has 0 unspecified atom stereocenters. The van der Waals surface area contributed by atoms with Crippen LogP contribution in [0.4, 0.5) is 0 Å². The van der Waals surface area contributed by atoms with Gasteiger partial charge in [0.05, 0.1) is 13.2 Å². The van der Waals surface area contributed by atoms with Gasteiger partial charge in [0.25, 0.3) is 0 Å². The first-order chi connectivity index (χ1) is 11.2. The Morgan fingerprint density at radius 3 is 2.09 bits per heavy atom. The number of hydrogen-bond acceptors (Lipinski definition) is 3. The Labute approximate surface area is 137 Å². The van der Waals surface area contributed by atoms with Crippen molar-refractivity contribution in [2.24, 2.45) is 0 Å². The molecule has 23 heavy (non-hydrogen) atoms. The van der Waals surface area contributed by atoms with E-state index in [2.05, 4.69) is 12.1 Å². The highest BCUT2D eigenvalue weighted by Gasteiger charge is 2.20. The van der Waals surface area contributed by atoms with E-state index >= 15 is 0 Å². The van der Waals surface area contributed by atoms with Crippen molar-refractivity contribution in [1.82, 2.24) is 0 Å². The molecule has 0 bridgehead atoms. The van der Waals surface area contributed by atoms with E-state index in [1.54, 1.807) is 7.11 Å². The van der Waals surface area contributed by atoms with E-state index in [9.17, 15) is 5.11 Å². The average Bonchev–Trinajstić information content (AvgIpc) is 2.61. The van der Waals surface area contributed by atoms with Crippen LogP contribution in [0.15, 0.2) is 48.5 Å². The predicted octanol–water partition coefficient (Wildman–Crippen LogP) is 4.29. The van der Waals surface area contributed by atoms with Crippen LogP contribution in [-0.4, -0.2) is 18.3 Å². The Morgan fingerprint density at radius 1 is 0.870 bits per heavy atom. The molecule has 2 aromatic rings. The Kier molecular flexibility index (Phi) is 5.19. The third-order valence-corrected chi connectivity index (χ3v) is 4.61. The van der Waals surface area contributed by atoms with Crippen LogP contribution in [-0.2, 0) is 6.61 Å². The van der Waals surface area contributed by atoms with Crippen molar-refractivity contribution in [1.29, 1.82) is 0 Å². The normalized spacial score (nSPS) is 21.0. The van der Waals surface area contributed by atoms with Crippen LogP contribution in [0.2, 0.25) is 0 Å². The zero-order valence-corrected chi connectivity index (χ0v) is 13.6. The molecule has 0 heterocycles. The second kappa shape index (κ2) is 7.51. The van der Waals surface area contributed by atoms with Gasteiger partial charge in [-0.25, -0.2) is 0 Å². The largest absolute Gasteiger partial charge is 0.497 e. The Bertz CT molecular complexity index is 596. The summed E-state index contributed by atoms with van der Waals surface area (Å²) in [5, 5.41) is 9.60. The molecule has 1 saturated carbocycles. The third kappa shape index (κ3) is 4.26. The lowest BCUT2D eigenvalue weighted by atomic mass is 9.83. The Morgan fingerprint density at radius 2 is 1.48 bits per heavy atom. The lowest BCUT2D eigenvalue weighted by molar-refractivity contribution is 0.122. The maximum absolute atomic E-state index is 9.60. The fourth-order valence-corrected chi connectivity index (χ4v) is 3.13. The van der Waals surface area contributed by atoms with Crippen molar-refractivity contribution < 1.29 is 14.6 Å². The summed E-state index contributed by atoms with van der Waals surface area (Å²) in [6, 6.07) is 16.3. The molecule has 1 fully saturated rings. The molecule has 1 aliphatic rings. The molecule has 1 aliphatic carbocycles. The number of ether oxygens (including phenoxy) is 2. The maximum Gasteiger partial charge on any atom is 0.119 e. The average molecular weight is 312 g/mol. The van der Waals surface area contributed by atoms with Crippen LogP contribution in [0.5, 0.6) is 11.5 Å². The SMILES string of the molecule is COc1ccc(COc2ccc(C3CCC(O)CC3)cc2)cc1. The van der Waals surface area contributed by atoms with Gasteiger partial charge in [-0.05, 0) is 67.0 Å². The van der Waals surface area contributed by atoms with Gasteiger partial charge in [-0.15, -0.1) is 0 Å². The zero-order valence-electron chi connectivity index (χ0n) is 13.6. The fourth-order valence-electron chi connectivity index (χ4n) is 3.13. The fraction of sp³-hybridized carbons (Fsp3) is 0.400. The number of methoxy groups -OCH3 is 1. The van der Waals surface area contributed by atoms with E-state index < -0.39 is 0 Å². The van der Waals surface area contributed by atoms with Crippen molar-refractivity contribution in [3.8, 4) is 11.5 Å². The lowest BCUT2D eigenvalue weighted by Gasteiger charge is -2.25. The number of hydrogen-bond donors (Lipinski definition) is 1. The van der Waals surface area contributed by atoms with E-state index in [1.807, 2.05) is 36.4 Å². The molecule has 0 spiro atoms. The quantitative estimate of drug-likeness (QED) is 0.895. The minimum Gasteiger partial charge on any atom is -0.497 e. The predicted molar refractivity (Wildman–Crippen MR) is 91.0 cm³/mol. The first-order valence-corrected chi connectivity index (χ1v) is 8.28. The minimum atomic E-state index is -0.0987. The molecule has 0 aliphatic heterocycles. The van der Waals surface area contributed by atoms with Crippen LogP contribution in [0.25, 0.3) is 0 Å². The molecule has 0 saturated heterocycles. The van der Waals surface area contributed by atoms with Crippen LogP contribution in [0.3, 0.4) is 0 Å². The smallest absolute Gasteiger partial charge is 0.119 e. The summed E-state index contributed by atoms with van der Waals surface area (Å²) >= 11 is 0. The molecule has 3 rings (SSSR count). The van der Waals surface area contributed by atoms with Gasteiger partial charge >= 0.3 is 0 Å². The Balaban J connectivity index is 1.54. The van der Waals surface area contributed by atoms with Crippen molar-refractivity contribution in [2.45, 2.75) is 44.3 Å².